The quantitative estimate of drug-likeness (QED) is 0.479. The highest BCUT2D eigenvalue weighted by molar-refractivity contribution is 6.32. The third-order valence-corrected chi connectivity index (χ3v) is 2.95. The van der Waals surface area contributed by atoms with Gasteiger partial charge in [-0.25, -0.2) is 0 Å². The van der Waals surface area contributed by atoms with Crippen LogP contribution in [0.3, 0.4) is 0 Å². The van der Waals surface area contributed by atoms with Gasteiger partial charge >= 0.3 is 0 Å². The molecule has 2 aromatic carbocycles. The van der Waals surface area contributed by atoms with Crippen molar-refractivity contribution in [1.82, 2.24) is 0 Å². The Labute approximate surface area is 119 Å². The highest BCUT2D eigenvalue weighted by atomic mass is 35.5. The molecule has 0 unspecified atom stereocenters. The molecule has 2 rings (SSSR count). The molecule has 0 fully saturated rings. The number of nitro benzene ring substituents is 1. The number of rotatable bonds is 5. The largest absolute Gasteiger partial charge is 0.487 e. The second kappa shape index (κ2) is 6.16. The standard InChI is InChI=1S/C14H10ClNO4/c15-13-6-5-12(16(18)19)7-14(13)20-9-11-3-1-10(8-17)2-4-11/h1-8H,9H2. The molecule has 0 aromatic heterocycles. The predicted molar refractivity (Wildman–Crippen MR) is 74.3 cm³/mol. The predicted octanol–water partition coefficient (Wildman–Crippen LogP) is 3.64. The summed E-state index contributed by atoms with van der Waals surface area (Å²) in [5.41, 5.74) is 1.32. The van der Waals surface area contributed by atoms with Crippen LogP contribution in [0.1, 0.15) is 15.9 Å². The van der Waals surface area contributed by atoms with Gasteiger partial charge in [-0.3, -0.25) is 14.9 Å². The van der Waals surface area contributed by atoms with Crippen molar-refractivity contribution in [3.63, 3.8) is 0 Å². The number of ether oxygens (including phenoxy) is 1. The summed E-state index contributed by atoms with van der Waals surface area (Å²) in [4.78, 5) is 20.7. The van der Waals surface area contributed by atoms with Gasteiger partial charge in [-0.15, -0.1) is 0 Å². The zero-order valence-corrected chi connectivity index (χ0v) is 11.0. The topological polar surface area (TPSA) is 69.4 Å². The fourth-order valence-electron chi connectivity index (χ4n) is 1.57. The van der Waals surface area contributed by atoms with Crippen LogP contribution in [-0.2, 0) is 6.61 Å². The molecule has 0 spiro atoms. The van der Waals surface area contributed by atoms with Crippen LogP contribution < -0.4 is 4.74 Å². The van der Waals surface area contributed by atoms with Crippen molar-refractivity contribution in [3.05, 3.63) is 68.7 Å². The molecule has 0 aliphatic rings. The average Bonchev–Trinajstić information content (AvgIpc) is 2.46. The summed E-state index contributed by atoms with van der Waals surface area (Å²) < 4.78 is 5.46. The number of hydrogen-bond acceptors (Lipinski definition) is 4. The van der Waals surface area contributed by atoms with Gasteiger partial charge in [0.25, 0.3) is 5.69 Å². The van der Waals surface area contributed by atoms with E-state index in [0.29, 0.717) is 10.6 Å². The second-order valence-corrected chi connectivity index (χ2v) is 4.43. The fourth-order valence-corrected chi connectivity index (χ4v) is 1.74. The maximum Gasteiger partial charge on any atom is 0.273 e. The number of nitrogens with zero attached hydrogens (tertiary/aromatic N) is 1. The summed E-state index contributed by atoms with van der Waals surface area (Å²) in [6.45, 7) is 0.208. The molecule has 0 atom stereocenters. The number of non-ortho nitro benzene ring substituents is 1. The lowest BCUT2D eigenvalue weighted by Crippen LogP contribution is -1.97. The molecular formula is C14H10ClNO4. The fraction of sp³-hybridized carbons (Fsp3) is 0.0714. The third-order valence-electron chi connectivity index (χ3n) is 2.64. The molecule has 0 saturated carbocycles. The van der Waals surface area contributed by atoms with Crippen LogP contribution in [0.15, 0.2) is 42.5 Å². The summed E-state index contributed by atoms with van der Waals surface area (Å²) in [5, 5.41) is 11.0. The van der Waals surface area contributed by atoms with Gasteiger partial charge in [0.15, 0.2) is 0 Å². The molecule has 0 heterocycles. The van der Waals surface area contributed by atoms with Gasteiger partial charge in [0.05, 0.1) is 16.0 Å². The van der Waals surface area contributed by atoms with E-state index in [2.05, 4.69) is 0 Å². The van der Waals surface area contributed by atoms with Gasteiger partial charge in [-0.1, -0.05) is 35.9 Å². The lowest BCUT2D eigenvalue weighted by molar-refractivity contribution is -0.384. The van der Waals surface area contributed by atoms with E-state index in [9.17, 15) is 14.9 Å². The molecule has 5 nitrogen and oxygen atoms in total. The number of aldehydes is 1. The van der Waals surface area contributed by atoms with Crippen molar-refractivity contribution < 1.29 is 14.5 Å². The first kappa shape index (κ1) is 14.0. The van der Waals surface area contributed by atoms with Crippen LogP contribution >= 0.6 is 11.6 Å². The van der Waals surface area contributed by atoms with Gasteiger partial charge in [0.1, 0.15) is 18.6 Å². The molecule has 0 amide bonds. The SMILES string of the molecule is O=Cc1ccc(COc2cc([N+](=O)[O-])ccc2Cl)cc1. The lowest BCUT2D eigenvalue weighted by Gasteiger charge is -2.08. The van der Waals surface area contributed by atoms with E-state index in [4.69, 9.17) is 16.3 Å². The number of hydrogen-bond donors (Lipinski definition) is 0. The monoisotopic (exact) mass is 291 g/mol. The molecule has 0 aliphatic carbocycles. The van der Waals surface area contributed by atoms with Gasteiger partial charge in [0.2, 0.25) is 0 Å². The summed E-state index contributed by atoms with van der Waals surface area (Å²) in [5.74, 6) is 0.250. The number of halogens is 1. The molecule has 0 saturated heterocycles. The van der Waals surface area contributed by atoms with Crippen molar-refractivity contribution in [2.75, 3.05) is 0 Å². The van der Waals surface area contributed by atoms with Gasteiger partial charge in [-0.2, -0.15) is 0 Å². The van der Waals surface area contributed by atoms with Crippen molar-refractivity contribution >= 4 is 23.6 Å². The van der Waals surface area contributed by atoms with Crippen LogP contribution in [-0.4, -0.2) is 11.2 Å². The number of benzene rings is 2. The molecule has 0 bridgehead atoms. The molecule has 0 aliphatic heterocycles. The van der Waals surface area contributed by atoms with Crippen molar-refractivity contribution in [2.45, 2.75) is 6.61 Å². The number of nitro groups is 1. The van der Waals surface area contributed by atoms with E-state index in [1.54, 1.807) is 24.3 Å². The van der Waals surface area contributed by atoms with E-state index < -0.39 is 4.92 Å². The van der Waals surface area contributed by atoms with Gasteiger partial charge in [-0.05, 0) is 11.6 Å². The molecule has 6 heteroatoms. The molecular weight excluding hydrogens is 282 g/mol. The van der Waals surface area contributed by atoms with Crippen molar-refractivity contribution in [1.29, 1.82) is 0 Å². The van der Waals surface area contributed by atoms with Crippen LogP contribution in [0.4, 0.5) is 5.69 Å². The minimum Gasteiger partial charge on any atom is -0.487 e. The van der Waals surface area contributed by atoms with Crippen molar-refractivity contribution in [2.24, 2.45) is 0 Å². The highest BCUT2D eigenvalue weighted by Gasteiger charge is 2.10. The second-order valence-electron chi connectivity index (χ2n) is 4.02. The van der Waals surface area contributed by atoms with Crippen LogP contribution in [0, 0.1) is 10.1 Å². The van der Waals surface area contributed by atoms with Gasteiger partial charge < -0.3 is 4.74 Å². The number of carbonyl (C=O) groups is 1. The minimum atomic E-state index is -0.512. The Morgan fingerprint density at radius 3 is 2.50 bits per heavy atom. The molecule has 2 aromatic rings. The smallest absolute Gasteiger partial charge is 0.273 e. The lowest BCUT2D eigenvalue weighted by atomic mass is 10.1. The Hall–Kier alpha value is -2.40. The minimum absolute atomic E-state index is 0.0827. The van der Waals surface area contributed by atoms with Crippen LogP contribution in [0.2, 0.25) is 5.02 Å². The Morgan fingerprint density at radius 1 is 1.20 bits per heavy atom. The zero-order chi connectivity index (χ0) is 14.5. The van der Waals surface area contributed by atoms with E-state index in [1.165, 1.54) is 18.2 Å². The van der Waals surface area contributed by atoms with E-state index in [0.717, 1.165) is 11.8 Å². The van der Waals surface area contributed by atoms with E-state index in [1.807, 2.05) is 0 Å². The molecule has 102 valence electrons. The first-order chi connectivity index (χ1) is 9.60. The Morgan fingerprint density at radius 2 is 1.90 bits per heavy atom. The maximum atomic E-state index is 10.7. The third kappa shape index (κ3) is 3.33. The first-order valence-electron chi connectivity index (χ1n) is 5.71. The van der Waals surface area contributed by atoms with Crippen LogP contribution in [0.25, 0.3) is 0 Å². The molecule has 0 N–H and O–H groups in total. The van der Waals surface area contributed by atoms with Crippen LogP contribution in [0.5, 0.6) is 5.75 Å². The number of carbonyl (C=O) groups excluding carboxylic acids is 1. The normalized spacial score (nSPS) is 10.1. The summed E-state index contributed by atoms with van der Waals surface area (Å²) in [7, 11) is 0. The van der Waals surface area contributed by atoms with Crippen molar-refractivity contribution in [3.8, 4) is 5.75 Å². The molecule has 0 radical (unpaired) electrons. The molecule has 20 heavy (non-hydrogen) atoms. The first-order valence-corrected chi connectivity index (χ1v) is 6.09. The summed E-state index contributed by atoms with van der Waals surface area (Å²) in [6.07, 6.45) is 0.752. The summed E-state index contributed by atoms with van der Waals surface area (Å²) in [6, 6.07) is 10.8. The Kier molecular flexibility index (Phi) is 4.32. The Balaban J connectivity index is 2.11. The Bertz CT molecular complexity index is 640. The summed E-state index contributed by atoms with van der Waals surface area (Å²) >= 11 is 5.92. The zero-order valence-electron chi connectivity index (χ0n) is 10.3. The highest BCUT2D eigenvalue weighted by Crippen LogP contribution is 2.29. The van der Waals surface area contributed by atoms with E-state index >= 15 is 0 Å². The average molecular weight is 292 g/mol. The van der Waals surface area contributed by atoms with Gasteiger partial charge in [0, 0.05) is 11.6 Å². The maximum absolute atomic E-state index is 10.7. The van der Waals surface area contributed by atoms with E-state index in [-0.39, 0.29) is 18.0 Å².